The second kappa shape index (κ2) is 7.57. The average molecular weight is 390 g/mol. The van der Waals surface area contributed by atoms with E-state index in [1.807, 2.05) is 13.1 Å². The monoisotopic (exact) mass is 390 g/mol. The fourth-order valence-corrected chi connectivity index (χ4v) is 4.19. The zero-order valence-corrected chi connectivity index (χ0v) is 17.0. The van der Waals surface area contributed by atoms with Crippen molar-refractivity contribution in [3.63, 3.8) is 0 Å². The molecule has 1 saturated heterocycles. The fraction of sp³-hybridized carbons (Fsp3) is 0.409. The molecule has 0 unspecified atom stereocenters. The quantitative estimate of drug-likeness (QED) is 0.737. The first-order valence-electron chi connectivity index (χ1n) is 10.2. The van der Waals surface area contributed by atoms with Crippen molar-refractivity contribution in [1.29, 1.82) is 0 Å². The lowest BCUT2D eigenvalue weighted by molar-refractivity contribution is 0.313. The highest BCUT2D eigenvalue weighted by atomic mass is 16.5. The van der Waals surface area contributed by atoms with E-state index in [4.69, 9.17) is 9.51 Å². The zero-order valence-electron chi connectivity index (χ0n) is 17.0. The van der Waals surface area contributed by atoms with Crippen molar-refractivity contribution in [1.82, 2.24) is 25.3 Å². The Balaban J connectivity index is 1.41. The van der Waals surface area contributed by atoms with Crippen LogP contribution < -0.4 is 10.2 Å². The number of fused-ring (bicyclic) bond motifs is 1. The highest BCUT2D eigenvalue weighted by Gasteiger charge is 2.21. The zero-order chi connectivity index (χ0) is 19.8. The molecule has 7 nitrogen and oxygen atoms in total. The van der Waals surface area contributed by atoms with Crippen LogP contribution in [0, 0.1) is 6.92 Å². The van der Waals surface area contributed by atoms with Crippen LogP contribution in [0.3, 0.4) is 0 Å². The number of piperazine rings is 1. The standard InChI is InChI=1S/C22H26N6O/c1-15-20(19-7-8-23-13-17(19)14-24-15)21-25-22(29-26-21)16-3-5-18(6-4-16)28-11-9-27(2)10-12-28/h3-6,14,23H,7-13H2,1-2H3. The molecule has 29 heavy (non-hydrogen) atoms. The molecule has 0 amide bonds. The van der Waals surface area contributed by atoms with Crippen LogP contribution in [0.5, 0.6) is 0 Å². The predicted octanol–water partition coefficient (Wildman–Crippen LogP) is 2.50. The molecule has 0 spiro atoms. The van der Waals surface area contributed by atoms with E-state index in [0.717, 1.165) is 62.5 Å². The first-order chi connectivity index (χ1) is 14.2. The summed E-state index contributed by atoms with van der Waals surface area (Å²) in [7, 11) is 2.17. The van der Waals surface area contributed by atoms with Gasteiger partial charge in [-0.2, -0.15) is 4.98 Å². The Bertz CT molecular complexity index is 1000. The Morgan fingerprint density at radius 3 is 2.66 bits per heavy atom. The number of anilines is 1. The SMILES string of the molecule is Cc1ncc2c(c1-c1noc(-c3ccc(N4CCN(C)CC4)cc3)n1)CCNC2. The highest BCUT2D eigenvalue weighted by molar-refractivity contribution is 5.67. The molecule has 0 atom stereocenters. The molecule has 150 valence electrons. The normalized spacial score (nSPS) is 17.4. The minimum Gasteiger partial charge on any atom is -0.369 e. The molecule has 0 bridgehead atoms. The maximum absolute atomic E-state index is 5.63. The molecule has 1 fully saturated rings. The van der Waals surface area contributed by atoms with Crippen molar-refractivity contribution in [2.75, 3.05) is 44.7 Å². The van der Waals surface area contributed by atoms with E-state index in [0.29, 0.717) is 11.7 Å². The molecule has 0 radical (unpaired) electrons. The Labute approximate surface area is 170 Å². The summed E-state index contributed by atoms with van der Waals surface area (Å²) in [5.41, 5.74) is 6.66. The van der Waals surface area contributed by atoms with Crippen LogP contribution >= 0.6 is 0 Å². The second-order valence-electron chi connectivity index (χ2n) is 7.91. The van der Waals surface area contributed by atoms with Crippen LogP contribution in [-0.4, -0.2) is 59.8 Å². The highest BCUT2D eigenvalue weighted by Crippen LogP contribution is 2.31. The lowest BCUT2D eigenvalue weighted by atomic mass is 9.95. The Hall–Kier alpha value is -2.77. The molecule has 5 rings (SSSR count). The van der Waals surface area contributed by atoms with Gasteiger partial charge < -0.3 is 19.6 Å². The third kappa shape index (κ3) is 3.52. The minimum absolute atomic E-state index is 0.552. The number of pyridine rings is 1. The first kappa shape index (κ1) is 18.3. The summed E-state index contributed by atoms with van der Waals surface area (Å²) >= 11 is 0. The summed E-state index contributed by atoms with van der Waals surface area (Å²) in [6.45, 7) is 8.12. The molecule has 4 heterocycles. The number of hydrogen-bond donors (Lipinski definition) is 1. The van der Waals surface area contributed by atoms with Crippen molar-refractivity contribution < 1.29 is 4.52 Å². The van der Waals surface area contributed by atoms with Crippen LogP contribution in [0.4, 0.5) is 5.69 Å². The van der Waals surface area contributed by atoms with Gasteiger partial charge in [0.15, 0.2) is 0 Å². The second-order valence-corrected chi connectivity index (χ2v) is 7.91. The van der Waals surface area contributed by atoms with Gasteiger partial charge >= 0.3 is 0 Å². The van der Waals surface area contributed by atoms with Gasteiger partial charge in [0.1, 0.15) is 0 Å². The van der Waals surface area contributed by atoms with Crippen LogP contribution in [-0.2, 0) is 13.0 Å². The summed E-state index contributed by atoms with van der Waals surface area (Å²) in [5.74, 6) is 1.18. The Morgan fingerprint density at radius 1 is 1.07 bits per heavy atom. The van der Waals surface area contributed by atoms with E-state index in [9.17, 15) is 0 Å². The lowest BCUT2D eigenvalue weighted by Gasteiger charge is -2.34. The van der Waals surface area contributed by atoms with Crippen LogP contribution in [0.1, 0.15) is 16.8 Å². The molecule has 0 aliphatic carbocycles. The van der Waals surface area contributed by atoms with Crippen molar-refractivity contribution >= 4 is 5.69 Å². The van der Waals surface area contributed by atoms with E-state index in [1.54, 1.807) is 0 Å². The van der Waals surface area contributed by atoms with Gasteiger partial charge in [-0.25, -0.2) is 0 Å². The Morgan fingerprint density at radius 2 is 1.86 bits per heavy atom. The van der Waals surface area contributed by atoms with Crippen LogP contribution in [0.15, 0.2) is 35.0 Å². The van der Waals surface area contributed by atoms with Crippen molar-refractivity contribution in [3.8, 4) is 22.8 Å². The summed E-state index contributed by atoms with van der Waals surface area (Å²) in [4.78, 5) is 14.0. The van der Waals surface area contributed by atoms with Gasteiger partial charge in [-0.1, -0.05) is 5.16 Å². The van der Waals surface area contributed by atoms with E-state index < -0.39 is 0 Å². The maximum Gasteiger partial charge on any atom is 0.258 e. The number of rotatable bonds is 3. The number of nitrogens with zero attached hydrogens (tertiary/aromatic N) is 5. The molecule has 2 aliphatic rings. The summed E-state index contributed by atoms with van der Waals surface area (Å²) in [5, 5.41) is 7.68. The van der Waals surface area contributed by atoms with Gasteiger partial charge in [-0.05, 0) is 62.3 Å². The summed E-state index contributed by atoms with van der Waals surface area (Å²) in [6, 6.07) is 8.43. The van der Waals surface area contributed by atoms with E-state index in [2.05, 4.69) is 56.6 Å². The number of aryl methyl sites for hydroxylation is 1. The van der Waals surface area contributed by atoms with Gasteiger partial charge in [0.05, 0.1) is 0 Å². The van der Waals surface area contributed by atoms with Gasteiger partial charge in [-0.15, -0.1) is 0 Å². The predicted molar refractivity (Wildman–Crippen MR) is 113 cm³/mol. The van der Waals surface area contributed by atoms with Crippen LogP contribution in [0.2, 0.25) is 0 Å². The molecule has 1 N–H and O–H groups in total. The third-order valence-corrected chi connectivity index (χ3v) is 5.96. The Kier molecular flexibility index (Phi) is 4.77. The number of likely N-dealkylation sites (N-methyl/N-ethyl adjacent to an activating group) is 1. The van der Waals surface area contributed by atoms with Gasteiger partial charge in [0.2, 0.25) is 5.82 Å². The first-order valence-corrected chi connectivity index (χ1v) is 10.2. The topological polar surface area (TPSA) is 70.3 Å². The maximum atomic E-state index is 5.63. The van der Waals surface area contributed by atoms with Gasteiger partial charge in [0.25, 0.3) is 5.89 Å². The molecule has 2 aliphatic heterocycles. The van der Waals surface area contributed by atoms with Gasteiger partial charge in [0, 0.05) is 61.4 Å². The number of hydrogen-bond acceptors (Lipinski definition) is 7. The molecular formula is C22H26N6O. The van der Waals surface area contributed by atoms with E-state index in [1.165, 1.54) is 16.8 Å². The van der Waals surface area contributed by atoms with Crippen molar-refractivity contribution in [2.45, 2.75) is 19.9 Å². The van der Waals surface area contributed by atoms with Crippen molar-refractivity contribution in [2.24, 2.45) is 0 Å². The molecule has 3 aromatic rings. The average Bonchev–Trinajstić information content (AvgIpc) is 3.24. The van der Waals surface area contributed by atoms with Gasteiger partial charge in [-0.3, -0.25) is 4.98 Å². The lowest BCUT2D eigenvalue weighted by Crippen LogP contribution is -2.44. The van der Waals surface area contributed by atoms with E-state index >= 15 is 0 Å². The molecule has 7 heteroatoms. The summed E-state index contributed by atoms with van der Waals surface area (Å²) in [6.07, 6.45) is 2.91. The largest absolute Gasteiger partial charge is 0.369 e. The van der Waals surface area contributed by atoms with Crippen LogP contribution in [0.25, 0.3) is 22.8 Å². The fourth-order valence-electron chi connectivity index (χ4n) is 4.19. The molecule has 2 aromatic heterocycles. The molecule has 1 aromatic carbocycles. The number of benzene rings is 1. The number of nitrogens with one attached hydrogen (secondary N) is 1. The summed E-state index contributed by atoms with van der Waals surface area (Å²) < 4.78 is 5.63. The number of aromatic nitrogens is 3. The molecule has 0 saturated carbocycles. The smallest absolute Gasteiger partial charge is 0.258 e. The van der Waals surface area contributed by atoms with E-state index in [-0.39, 0.29) is 0 Å². The van der Waals surface area contributed by atoms with Crippen molar-refractivity contribution in [3.05, 3.63) is 47.3 Å². The third-order valence-electron chi connectivity index (χ3n) is 5.96. The minimum atomic E-state index is 0.552. The molecular weight excluding hydrogens is 364 g/mol.